The van der Waals surface area contributed by atoms with Crippen LogP contribution in [0, 0.1) is 0 Å². The fraction of sp³-hybridized carbons (Fsp3) is 0.304. The average molecular weight is 375 g/mol. The molecule has 0 aromatic heterocycles. The molecule has 1 saturated heterocycles. The van der Waals surface area contributed by atoms with Gasteiger partial charge in [0.05, 0.1) is 11.4 Å². The van der Waals surface area contributed by atoms with Crippen LogP contribution in [0.4, 0.5) is 11.4 Å². The van der Waals surface area contributed by atoms with Gasteiger partial charge in [-0.15, -0.1) is 6.58 Å². The van der Waals surface area contributed by atoms with E-state index in [1.54, 1.807) is 11.0 Å². The Bertz CT molecular complexity index is 894. The van der Waals surface area contributed by atoms with E-state index in [9.17, 15) is 9.59 Å². The van der Waals surface area contributed by atoms with Gasteiger partial charge in [-0.3, -0.25) is 9.59 Å². The minimum atomic E-state index is -0.140. The van der Waals surface area contributed by atoms with Gasteiger partial charge in [0.15, 0.2) is 0 Å². The van der Waals surface area contributed by atoms with Crippen LogP contribution in [0.3, 0.4) is 0 Å². The third kappa shape index (κ3) is 3.40. The fourth-order valence-electron chi connectivity index (χ4n) is 4.10. The van der Waals surface area contributed by atoms with Gasteiger partial charge in [0.1, 0.15) is 6.04 Å². The van der Waals surface area contributed by atoms with E-state index in [1.165, 1.54) is 0 Å². The first-order valence-electron chi connectivity index (χ1n) is 9.84. The zero-order valence-corrected chi connectivity index (χ0v) is 15.9. The highest BCUT2D eigenvalue weighted by atomic mass is 16.2. The van der Waals surface area contributed by atoms with Crippen LogP contribution >= 0.6 is 0 Å². The molecule has 2 aliphatic rings. The molecule has 1 N–H and O–H groups in total. The van der Waals surface area contributed by atoms with Crippen molar-refractivity contribution in [3.63, 3.8) is 0 Å². The van der Waals surface area contributed by atoms with Gasteiger partial charge in [0, 0.05) is 25.2 Å². The van der Waals surface area contributed by atoms with Crippen molar-refractivity contribution < 1.29 is 9.59 Å². The van der Waals surface area contributed by atoms with Crippen LogP contribution in [0.25, 0.3) is 0 Å². The number of benzene rings is 2. The zero-order chi connectivity index (χ0) is 19.5. The highest BCUT2D eigenvalue weighted by Gasteiger charge is 2.39. The molecule has 2 heterocycles. The molecule has 1 atom stereocenters. The van der Waals surface area contributed by atoms with E-state index in [0.717, 1.165) is 42.7 Å². The quantitative estimate of drug-likeness (QED) is 0.814. The summed E-state index contributed by atoms with van der Waals surface area (Å²) in [6, 6.07) is 15.4. The molecule has 2 amide bonds. The number of piperidine rings is 1. The number of hydrogen-bond acceptors (Lipinski definition) is 3. The number of hydrogen-bond donors (Lipinski definition) is 1. The molecule has 144 valence electrons. The molecule has 1 unspecified atom stereocenters. The second-order valence-electron chi connectivity index (χ2n) is 7.31. The monoisotopic (exact) mass is 375 g/mol. The first kappa shape index (κ1) is 18.3. The van der Waals surface area contributed by atoms with Gasteiger partial charge in [0.25, 0.3) is 5.91 Å². The molecule has 5 heteroatoms. The minimum Gasteiger partial charge on any atom is -0.358 e. The molecule has 4 rings (SSSR count). The number of nitrogens with zero attached hydrogens (tertiary/aromatic N) is 2. The van der Waals surface area contributed by atoms with Crippen LogP contribution in [0.15, 0.2) is 61.2 Å². The number of amides is 2. The molecule has 5 nitrogen and oxygen atoms in total. The third-order valence-corrected chi connectivity index (χ3v) is 5.50. The fourth-order valence-corrected chi connectivity index (χ4v) is 4.10. The second-order valence-corrected chi connectivity index (χ2v) is 7.31. The highest BCUT2D eigenvalue weighted by molar-refractivity contribution is 6.07. The molecule has 0 bridgehead atoms. The molecule has 0 radical (unpaired) electrons. The van der Waals surface area contributed by atoms with Crippen LogP contribution < -0.4 is 15.1 Å². The van der Waals surface area contributed by atoms with E-state index in [1.807, 2.05) is 48.5 Å². The summed E-state index contributed by atoms with van der Waals surface area (Å²) in [6.45, 7) is 5.60. The summed E-state index contributed by atoms with van der Waals surface area (Å²) in [4.78, 5) is 29.7. The minimum absolute atomic E-state index is 0.0982. The van der Waals surface area contributed by atoms with Crippen molar-refractivity contribution in [2.45, 2.75) is 31.8 Å². The molecule has 2 aromatic carbocycles. The number of carbonyl (C=O) groups excluding carboxylic acids is 2. The lowest BCUT2D eigenvalue weighted by Gasteiger charge is -2.45. The molecule has 0 saturated carbocycles. The van der Waals surface area contributed by atoms with Gasteiger partial charge in [0.2, 0.25) is 5.91 Å². The van der Waals surface area contributed by atoms with E-state index >= 15 is 0 Å². The smallest absolute Gasteiger partial charge is 0.251 e. The van der Waals surface area contributed by atoms with Crippen LogP contribution in [-0.4, -0.2) is 30.9 Å². The zero-order valence-electron chi connectivity index (χ0n) is 15.9. The summed E-state index contributed by atoms with van der Waals surface area (Å²) in [5.41, 5.74) is 3.45. The summed E-state index contributed by atoms with van der Waals surface area (Å²) in [5, 5.41) is 2.96. The Morgan fingerprint density at radius 1 is 1.14 bits per heavy atom. The summed E-state index contributed by atoms with van der Waals surface area (Å²) in [5.74, 6) is -0.0348. The Hall–Kier alpha value is -3.08. The molecule has 0 spiro atoms. The molecule has 1 fully saturated rings. The molecular formula is C23H25N3O2. The van der Waals surface area contributed by atoms with Gasteiger partial charge in [-0.1, -0.05) is 36.4 Å². The highest BCUT2D eigenvalue weighted by Crippen LogP contribution is 2.39. The Balaban J connectivity index is 1.61. The molecule has 2 aromatic rings. The Morgan fingerprint density at radius 3 is 2.75 bits per heavy atom. The van der Waals surface area contributed by atoms with Crippen LogP contribution in [0.1, 0.15) is 35.2 Å². The number of anilines is 2. The third-order valence-electron chi connectivity index (χ3n) is 5.50. The lowest BCUT2D eigenvalue weighted by atomic mass is 9.95. The Kier molecular flexibility index (Phi) is 5.15. The van der Waals surface area contributed by atoms with Gasteiger partial charge in [-0.25, -0.2) is 0 Å². The molecule has 0 aliphatic carbocycles. The van der Waals surface area contributed by atoms with Crippen molar-refractivity contribution in [2.75, 3.05) is 22.9 Å². The van der Waals surface area contributed by atoms with E-state index in [2.05, 4.69) is 16.8 Å². The number of rotatable bonds is 5. The number of nitrogens with one attached hydrogen (secondary N) is 1. The van der Waals surface area contributed by atoms with E-state index in [-0.39, 0.29) is 17.9 Å². The van der Waals surface area contributed by atoms with Gasteiger partial charge in [-0.2, -0.15) is 0 Å². The Labute approximate surface area is 165 Å². The molecular weight excluding hydrogens is 350 g/mol. The van der Waals surface area contributed by atoms with E-state index in [4.69, 9.17) is 0 Å². The summed E-state index contributed by atoms with van der Waals surface area (Å²) in [6.07, 6.45) is 4.78. The standard InChI is InChI=1S/C23H25N3O2/c1-2-13-26-21-15-18(22(27)24-16-17-8-4-3-5-9-17)11-12-19(21)25-14-7-6-10-20(25)23(26)28/h2-5,8-9,11-12,15,20H,1,6-7,10,13-14,16H2,(H,24,27). The van der Waals surface area contributed by atoms with Crippen LogP contribution in [-0.2, 0) is 11.3 Å². The van der Waals surface area contributed by atoms with Crippen molar-refractivity contribution in [1.29, 1.82) is 0 Å². The topological polar surface area (TPSA) is 52.7 Å². The predicted molar refractivity (Wildman–Crippen MR) is 112 cm³/mol. The van der Waals surface area contributed by atoms with E-state index < -0.39 is 0 Å². The maximum absolute atomic E-state index is 13.0. The second kappa shape index (κ2) is 7.89. The maximum Gasteiger partial charge on any atom is 0.251 e. The first-order valence-corrected chi connectivity index (χ1v) is 9.84. The van der Waals surface area contributed by atoms with Crippen molar-refractivity contribution in [3.05, 3.63) is 72.3 Å². The number of carbonyl (C=O) groups is 2. The normalized spacial score (nSPS) is 18.3. The summed E-state index contributed by atoms with van der Waals surface area (Å²) >= 11 is 0. The maximum atomic E-state index is 13.0. The van der Waals surface area contributed by atoms with Gasteiger partial charge in [-0.05, 0) is 43.0 Å². The summed E-state index contributed by atoms with van der Waals surface area (Å²) in [7, 11) is 0. The number of fused-ring (bicyclic) bond motifs is 3. The molecule has 2 aliphatic heterocycles. The van der Waals surface area contributed by atoms with Crippen LogP contribution in [0.5, 0.6) is 0 Å². The van der Waals surface area contributed by atoms with Crippen molar-refractivity contribution >= 4 is 23.2 Å². The van der Waals surface area contributed by atoms with Gasteiger partial charge < -0.3 is 15.1 Å². The van der Waals surface area contributed by atoms with Gasteiger partial charge >= 0.3 is 0 Å². The lowest BCUT2D eigenvalue weighted by molar-refractivity contribution is -0.120. The summed E-state index contributed by atoms with van der Waals surface area (Å²) < 4.78 is 0. The van der Waals surface area contributed by atoms with Crippen molar-refractivity contribution in [3.8, 4) is 0 Å². The predicted octanol–water partition coefficient (Wildman–Crippen LogP) is 3.51. The first-order chi connectivity index (χ1) is 13.7. The van der Waals surface area contributed by atoms with E-state index in [0.29, 0.717) is 18.7 Å². The van der Waals surface area contributed by atoms with Crippen LogP contribution in [0.2, 0.25) is 0 Å². The lowest BCUT2D eigenvalue weighted by Crippen LogP contribution is -2.55. The molecule has 28 heavy (non-hydrogen) atoms. The van der Waals surface area contributed by atoms with Crippen molar-refractivity contribution in [1.82, 2.24) is 5.32 Å². The van der Waals surface area contributed by atoms with Crippen molar-refractivity contribution in [2.24, 2.45) is 0 Å². The SMILES string of the molecule is C=CCN1C(=O)C2CCCCN2c2ccc(C(=O)NCc3ccccc3)cc21. The average Bonchev–Trinajstić information content (AvgIpc) is 2.75. The Morgan fingerprint density at radius 2 is 1.96 bits per heavy atom. The largest absolute Gasteiger partial charge is 0.358 e.